The quantitative estimate of drug-likeness (QED) is 0.380. The highest BCUT2D eigenvalue weighted by atomic mass is 79.9. The van der Waals surface area contributed by atoms with Crippen molar-refractivity contribution >= 4 is 60.2 Å². The molecule has 0 fully saturated rings. The summed E-state index contributed by atoms with van der Waals surface area (Å²) in [4.78, 5) is 13.2. The van der Waals surface area contributed by atoms with Gasteiger partial charge in [0.2, 0.25) is 0 Å². The van der Waals surface area contributed by atoms with Crippen molar-refractivity contribution < 1.29 is 18.7 Å². The summed E-state index contributed by atoms with van der Waals surface area (Å²) in [5.74, 6) is -0.371. The first-order valence-corrected chi connectivity index (χ1v) is 9.93. The van der Waals surface area contributed by atoms with Gasteiger partial charge in [-0.25, -0.2) is 4.39 Å². The first kappa shape index (κ1) is 19.4. The molecule has 26 heavy (non-hydrogen) atoms. The van der Waals surface area contributed by atoms with Gasteiger partial charge >= 0.3 is 0 Å². The average molecular weight is 505 g/mol. The van der Waals surface area contributed by atoms with Crippen molar-refractivity contribution in [1.82, 2.24) is 0 Å². The molecule has 0 saturated carbocycles. The molecular formula is C19H14Br2ClFO3. The maximum absolute atomic E-state index is 13.9. The first-order chi connectivity index (χ1) is 12.3. The van der Waals surface area contributed by atoms with Crippen LogP contribution in [0.25, 0.3) is 11.0 Å². The highest BCUT2D eigenvalue weighted by molar-refractivity contribution is 9.11. The Kier molecular flexibility index (Phi) is 5.75. The van der Waals surface area contributed by atoms with E-state index in [9.17, 15) is 14.3 Å². The maximum atomic E-state index is 13.9. The molecule has 2 aromatic carbocycles. The van der Waals surface area contributed by atoms with Gasteiger partial charge in [0, 0.05) is 17.4 Å². The van der Waals surface area contributed by atoms with Gasteiger partial charge in [-0.2, -0.15) is 0 Å². The Bertz CT molecular complexity index is 991. The lowest BCUT2D eigenvalue weighted by Gasteiger charge is -2.06. The number of aryl methyl sites for hydroxylation is 1. The fourth-order valence-corrected chi connectivity index (χ4v) is 4.21. The Hall–Kier alpha value is -1.37. The van der Waals surface area contributed by atoms with E-state index in [1.807, 2.05) is 6.92 Å². The number of rotatable bonds is 5. The zero-order chi connectivity index (χ0) is 19.0. The number of carbonyl (C=O) groups excluding carboxylic acids is 1. The van der Waals surface area contributed by atoms with Gasteiger partial charge < -0.3 is 9.52 Å². The number of halogens is 4. The van der Waals surface area contributed by atoms with Gasteiger partial charge in [-0.05, 0) is 62.5 Å². The standard InChI is InChI=1S/C19H14Br2ClFO3/c1-2-3-4-15-16(11-7-10(23)8-14(22)19(11)26-15)17(24)9-5-12(20)18(25)13(21)6-9/h5-8,25H,2-4H2,1H3. The average Bonchev–Trinajstić information content (AvgIpc) is 2.95. The second kappa shape index (κ2) is 7.71. The van der Waals surface area contributed by atoms with Crippen molar-refractivity contribution in [2.45, 2.75) is 26.2 Å². The topological polar surface area (TPSA) is 50.4 Å². The monoisotopic (exact) mass is 502 g/mol. The van der Waals surface area contributed by atoms with Gasteiger partial charge in [0.05, 0.1) is 19.5 Å². The van der Waals surface area contributed by atoms with Gasteiger partial charge in [-0.3, -0.25) is 4.79 Å². The summed E-state index contributed by atoms with van der Waals surface area (Å²) in [6, 6.07) is 5.47. The second-order valence-corrected chi connectivity index (χ2v) is 8.00. The predicted molar refractivity (Wildman–Crippen MR) is 107 cm³/mol. The van der Waals surface area contributed by atoms with Crippen LogP contribution >= 0.6 is 43.5 Å². The molecule has 0 radical (unpaired) electrons. The zero-order valence-corrected chi connectivity index (χ0v) is 17.6. The van der Waals surface area contributed by atoms with Crippen LogP contribution in [0.1, 0.15) is 41.4 Å². The summed E-state index contributed by atoms with van der Waals surface area (Å²) in [6.45, 7) is 2.03. The molecule has 0 spiro atoms. The molecule has 7 heteroatoms. The number of furan rings is 1. The number of phenols is 1. The van der Waals surface area contributed by atoms with E-state index in [-0.39, 0.29) is 16.6 Å². The van der Waals surface area contributed by atoms with Crippen LogP contribution in [0.3, 0.4) is 0 Å². The van der Waals surface area contributed by atoms with E-state index in [0.29, 0.717) is 43.2 Å². The molecule has 3 rings (SSSR count). The molecule has 0 aliphatic heterocycles. The Morgan fingerprint density at radius 2 is 1.88 bits per heavy atom. The van der Waals surface area contributed by atoms with E-state index in [1.54, 1.807) is 0 Å². The van der Waals surface area contributed by atoms with E-state index in [4.69, 9.17) is 16.0 Å². The summed E-state index contributed by atoms with van der Waals surface area (Å²) >= 11 is 12.6. The summed E-state index contributed by atoms with van der Waals surface area (Å²) in [7, 11) is 0. The van der Waals surface area contributed by atoms with E-state index in [0.717, 1.165) is 12.8 Å². The van der Waals surface area contributed by atoms with Crippen LogP contribution in [-0.2, 0) is 6.42 Å². The van der Waals surface area contributed by atoms with Crippen molar-refractivity contribution in [3.8, 4) is 5.75 Å². The molecule has 0 bridgehead atoms. The van der Waals surface area contributed by atoms with Gasteiger partial charge in [0.1, 0.15) is 17.3 Å². The Balaban J connectivity index is 2.23. The molecule has 0 unspecified atom stereocenters. The lowest BCUT2D eigenvalue weighted by atomic mass is 9.98. The smallest absolute Gasteiger partial charge is 0.197 e. The minimum atomic E-state index is -0.535. The van der Waals surface area contributed by atoms with E-state index < -0.39 is 5.82 Å². The van der Waals surface area contributed by atoms with E-state index in [2.05, 4.69) is 31.9 Å². The molecule has 1 N–H and O–H groups in total. The summed E-state index contributed by atoms with van der Waals surface area (Å²) in [5, 5.41) is 10.4. The van der Waals surface area contributed by atoms with Gasteiger partial charge in [0.25, 0.3) is 0 Å². The lowest BCUT2D eigenvalue weighted by Crippen LogP contribution is -2.04. The van der Waals surface area contributed by atoms with Crippen LogP contribution in [0.2, 0.25) is 5.02 Å². The molecule has 1 aromatic heterocycles. The molecular weight excluding hydrogens is 490 g/mol. The Morgan fingerprint density at radius 3 is 2.50 bits per heavy atom. The van der Waals surface area contributed by atoms with Crippen molar-refractivity contribution in [2.75, 3.05) is 0 Å². The van der Waals surface area contributed by atoms with Crippen LogP contribution in [0.5, 0.6) is 5.75 Å². The number of phenolic OH excluding ortho intramolecular Hbond substituents is 1. The van der Waals surface area contributed by atoms with Crippen LogP contribution in [-0.4, -0.2) is 10.9 Å². The highest BCUT2D eigenvalue weighted by Crippen LogP contribution is 2.37. The summed E-state index contributed by atoms with van der Waals surface area (Å²) < 4.78 is 20.5. The molecule has 0 aliphatic rings. The maximum Gasteiger partial charge on any atom is 0.197 e. The van der Waals surface area contributed by atoms with Gasteiger partial charge in [-0.15, -0.1) is 0 Å². The lowest BCUT2D eigenvalue weighted by molar-refractivity contribution is 0.103. The third-order valence-electron chi connectivity index (χ3n) is 4.05. The molecule has 3 aromatic rings. The third kappa shape index (κ3) is 3.55. The van der Waals surface area contributed by atoms with E-state index >= 15 is 0 Å². The molecule has 0 saturated heterocycles. The highest BCUT2D eigenvalue weighted by Gasteiger charge is 2.25. The van der Waals surface area contributed by atoms with Crippen LogP contribution < -0.4 is 0 Å². The van der Waals surface area contributed by atoms with Crippen LogP contribution in [0.4, 0.5) is 4.39 Å². The number of hydrogen-bond acceptors (Lipinski definition) is 3. The zero-order valence-electron chi connectivity index (χ0n) is 13.7. The number of unbranched alkanes of at least 4 members (excludes halogenated alkanes) is 1. The SMILES string of the molecule is CCCCc1oc2c(Cl)cc(F)cc2c1C(=O)c1cc(Br)c(O)c(Br)c1. The summed E-state index contributed by atoms with van der Waals surface area (Å²) in [6.07, 6.45) is 2.29. The number of aromatic hydroxyl groups is 1. The fourth-order valence-electron chi connectivity index (χ4n) is 2.78. The normalized spacial score (nSPS) is 11.3. The number of ketones is 1. The van der Waals surface area contributed by atoms with Crippen LogP contribution in [0, 0.1) is 5.82 Å². The van der Waals surface area contributed by atoms with Crippen molar-refractivity contribution in [3.05, 3.63) is 60.9 Å². The van der Waals surface area contributed by atoms with Crippen LogP contribution in [0.15, 0.2) is 37.6 Å². The van der Waals surface area contributed by atoms with Crippen molar-refractivity contribution in [1.29, 1.82) is 0 Å². The van der Waals surface area contributed by atoms with Crippen molar-refractivity contribution in [3.63, 3.8) is 0 Å². The molecule has 3 nitrogen and oxygen atoms in total. The molecule has 1 heterocycles. The minimum Gasteiger partial charge on any atom is -0.506 e. The number of hydrogen-bond donors (Lipinski definition) is 1. The molecule has 0 atom stereocenters. The Morgan fingerprint density at radius 1 is 1.23 bits per heavy atom. The number of benzene rings is 2. The molecule has 136 valence electrons. The van der Waals surface area contributed by atoms with Crippen molar-refractivity contribution in [2.24, 2.45) is 0 Å². The third-order valence-corrected chi connectivity index (χ3v) is 5.54. The summed E-state index contributed by atoms with van der Waals surface area (Å²) in [5.41, 5.74) is 0.946. The molecule has 0 aliphatic carbocycles. The van der Waals surface area contributed by atoms with Gasteiger partial charge in [0.15, 0.2) is 11.4 Å². The first-order valence-electron chi connectivity index (χ1n) is 7.96. The van der Waals surface area contributed by atoms with E-state index in [1.165, 1.54) is 24.3 Å². The van der Waals surface area contributed by atoms with Gasteiger partial charge in [-0.1, -0.05) is 24.9 Å². The largest absolute Gasteiger partial charge is 0.506 e. The number of carbonyl (C=O) groups is 1. The predicted octanol–water partition coefficient (Wildman–Crippen LogP) is 7.03. The Labute approximate surface area is 171 Å². The number of fused-ring (bicyclic) bond motifs is 1. The molecule has 0 amide bonds. The fraction of sp³-hybridized carbons (Fsp3) is 0.211. The minimum absolute atomic E-state index is 0.00102. The second-order valence-electron chi connectivity index (χ2n) is 5.89.